The second-order valence-corrected chi connectivity index (χ2v) is 3.92. The van der Waals surface area contributed by atoms with E-state index in [2.05, 4.69) is 10.2 Å². The summed E-state index contributed by atoms with van der Waals surface area (Å²) in [7, 11) is 0. The van der Waals surface area contributed by atoms with Gasteiger partial charge in [0.2, 0.25) is 0 Å². The van der Waals surface area contributed by atoms with Gasteiger partial charge in [-0.1, -0.05) is 0 Å². The van der Waals surface area contributed by atoms with Gasteiger partial charge in [0.05, 0.1) is 19.8 Å². The van der Waals surface area contributed by atoms with Crippen LogP contribution < -0.4 is 5.32 Å². The molecule has 2 aliphatic heterocycles. The maximum Gasteiger partial charge on any atom is 0.323 e. The Balaban J connectivity index is 1.59. The van der Waals surface area contributed by atoms with Crippen molar-refractivity contribution in [2.45, 2.75) is 12.5 Å². The first kappa shape index (κ1) is 10.9. The third kappa shape index (κ3) is 3.15. The highest BCUT2D eigenvalue weighted by atomic mass is 16.5. The number of carbonyl (C=O) groups excluding carboxylic acids is 1. The average molecular weight is 214 g/mol. The Morgan fingerprint density at radius 2 is 2.13 bits per heavy atom. The Morgan fingerprint density at radius 3 is 2.80 bits per heavy atom. The lowest BCUT2D eigenvalue weighted by molar-refractivity contribution is -0.139. The molecule has 2 aliphatic rings. The van der Waals surface area contributed by atoms with E-state index in [1.54, 1.807) is 0 Å². The number of cyclic esters (lactones) is 1. The molecule has 0 aromatic carbocycles. The summed E-state index contributed by atoms with van der Waals surface area (Å²) in [5, 5.41) is 3.22. The van der Waals surface area contributed by atoms with Gasteiger partial charge in [-0.2, -0.15) is 0 Å². The molecule has 0 bridgehead atoms. The van der Waals surface area contributed by atoms with Crippen LogP contribution >= 0.6 is 0 Å². The number of morpholine rings is 1. The first-order valence-corrected chi connectivity index (χ1v) is 5.56. The maximum absolute atomic E-state index is 11.1. The van der Waals surface area contributed by atoms with E-state index in [1.165, 1.54) is 0 Å². The molecule has 2 saturated heterocycles. The molecule has 2 rings (SSSR count). The Morgan fingerprint density at radius 1 is 1.33 bits per heavy atom. The average Bonchev–Trinajstić information content (AvgIpc) is 2.66. The Kier molecular flexibility index (Phi) is 3.94. The molecule has 0 saturated carbocycles. The number of esters is 1. The highest BCUT2D eigenvalue weighted by Gasteiger charge is 2.25. The molecule has 0 aromatic heterocycles. The lowest BCUT2D eigenvalue weighted by Crippen LogP contribution is -2.43. The van der Waals surface area contributed by atoms with E-state index < -0.39 is 0 Å². The number of nitrogens with one attached hydrogen (secondary N) is 1. The monoisotopic (exact) mass is 214 g/mol. The zero-order chi connectivity index (χ0) is 10.5. The second kappa shape index (κ2) is 5.44. The van der Waals surface area contributed by atoms with Crippen molar-refractivity contribution in [1.82, 2.24) is 10.2 Å². The molecule has 5 nitrogen and oxygen atoms in total. The predicted molar refractivity (Wildman–Crippen MR) is 54.6 cm³/mol. The fraction of sp³-hybridized carbons (Fsp3) is 0.900. The van der Waals surface area contributed by atoms with Gasteiger partial charge in [-0.05, 0) is 0 Å². The van der Waals surface area contributed by atoms with Gasteiger partial charge in [0.1, 0.15) is 6.04 Å². The van der Waals surface area contributed by atoms with Crippen LogP contribution in [0.1, 0.15) is 6.42 Å². The second-order valence-electron chi connectivity index (χ2n) is 3.92. The van der Waals surface area contributed by atoms with Crippen LogP contribution in [0.25, 0.3) is 0 Å². The third-order valence-electron chi connectivity index (χ3n) is 2.86. The van der Waals surface area contributed by atoms with E-state index in [9.17, 15) is 4.79 Å². The van der Waals surface area contributed by atoms with E-state index in [0.29, 0.717) is 6.61 Å². The van der Waals surface area contributed by atoms with Gasteiger partial charge in [0, 0.05) is 32.6 Å². The SMILES string of the molecule is O=C1OCCC1NCCN1CCOCC1. The van der Waals surface area contributed by atoms with Crippen LogP contribution in [0.15, 0.2) is 0 Å². The van der Waals surface area contributed by atoms with Gasteiger partial charge < -0.3 is 14.8 Å². The third-order valence-corrected chi connectivity index (χ3v) is 2.86. The largest absolute Gasteiger partial charge is 0.464 e. The molecule has 0 radical (unpaired) electrons. The first-order chi connectivity index (χ1) is 7.36. The van der Waals surface area contributed by atoms with Gasteiger partial charge in [-0.15, -0.1) is 0 Å². The number of carbonyl (C=O) groups is 1. The summed E-state index contributed by atoms with van der Waals surface area (Å²) in [5.74, 6) is -0.100. The van der Waals surface area contributed by atoms with Crippen molar-refractivity contribution >= 4 is 5.97 Å². The molecular weight excluding hydrogens is 196 g/mol. The normalized spacial score (nSPS) is 28.0. The molecule has 2 heterocycles. The molecule has 0 aliphatic carbocycles. The number of rotatable bonds is 4. The summed E-state index contributed by atoms with van der Waals surface area (Å²) in [6.45, 7) is 6.03. The fourth-order valence-corrected chi connectivity index (χ4v) is 1.90. The molecule has 1 atom stereocenters. The molecule has 0 amide bonds. The maximum atomic E-state index is 11.1. The summed E-state index contributed by atoms with van der Waals surface area (Å²) in [6.07, 6.45) is 0.807. The van der Waals surface area contributed by atoms with E-state index >= 15 is 0 Å². The van der Waals surface area contributed by atoms with E-state index in [4.69, 9.17) is 9.47 Å². The Bertz CT molecular complexity index is 217. The van der Waals surface area contributed by atoms with Gasteiger partial charge in [0.15, 0.2) is 0 Å². The lowest BCUT2D eigenvalue weighted by atomic mass is 10.2. The first-order valence-electron chi connectivity index (χ1n) is 5.56. The van der Waals surface area contributed by atoms with Crippen molar-refractivity contribution in [1.29, 1.82) is 0 Å². The summed E-state index contributed by atoms with van der Waals surface area (Å²) in [6, 6.07) is -0.0777. The zero-order valence-corrected chi connectivity index (χ0v) is 8.91. The van der Waals surface area contributed by atoms with Crippen LogP contribution in [0.4, 0.5) is 0 Å². The van der Waals surface area contributed by atoms with Crippen LogP contribution in [0.5, 0.6) is 0 Å². The quantitative estimate of drug-likeness (QED) is 0.622. The molecule has 1 N–H and O–H groups in total. The fourth-order valence-electron chi connectivity index (χ4n) is 1.90. The van der Waals surface area contributed by atoms with Crippen molar-refractivity contribution in [2.75, 3.05) is 46.0 Å². The molecular formula is C10H18N2O3. The number of hydrogen-bond donors (Lipinski definition) is 1. The van der Waals surface area contributed by atoms with Crippen LogP contribution in [0.2, 0.25) is 0 Å². The van der Waals surface area contributed by atoms with Gasteiger partial charge in [0.25, 0.3) is 0 Å². The van der Waals surface area contributed by atoms with E-state index in [-0.39, 0.29) is 12.0 Å². The van der Waals surface area contributed by atoms with E-state index in [0.717, 1.165) is 45.8 Å². The zero-order valence-electron chi connectivity index (χ0n) is 8.91. The molecule has 15 heavy (non-hydrogen) atoms. The van der Waals surface area contributed by atoms with E-state index in [1.807, 2.05) is 0 Å². The van der Waals surface area contributed by atoms with Crippen molar-refractivity contribution < 1.29 is 14.3 Å². The van der Waals surface area contributed by atoms with Crippen molar-refractivity contribution in [3.05, 3.63) is 0 Å². The van der Waals surface area contributed by atoms with Crippen molar-refractivity contribution in [3.63, 3.8) is 0 Å². The van der Waals surface area contributed by atoms with Crippen LogP contribution in [0, 0.1) is 0 Å². The van der Waals surface area contributed by atoms with Crippen LogP contribution in [-0.4, -0.2) is 62.9 Å². The number of nitrogens with zero attached hydrogens (tertiary/aromatic N) is 1. The lowest BCUT2D eigenvalue weighted by Gasteiger charge is -2.26. The van der Waals surface area contributed by atoms with Crippen molar-refractivity contribution in [3.8, 4) is 0 Å². The minimum atomic E-state index is -0.100. The van der Waals surface area contributed by atoms with Gasteiger partial charge >= 0.3 is 5.97 Å². The summed E-state index contributed by atoms with van der Waals surface area (Å²) >= 11 is 0. The topological polar surface area (TPSA) is 50.8 Å². The van der Waals surface area contributed by atoms with Crippen molar-refractivity contribution in [2.24, 2.45) is 0 Å². The van der Waals surface area contributed by atoms with Crippen LogP contribution in [0.3, 0.4) is 0 Å². The number of ether oxygens (including phenoxy) is 2. The Labute approximate surface area is 89.7 Å². The number of hydrogen-bond acceptors (Lipinski definition) is 5. The van der Waals surface area contributed by atoms with Crippen LogP contribution in [-0.2, 0) is 14.3 Å². The summed E-state index contributed by atoms with van der Waals surface area (Å²) < 4.78 is 10.1. The molecule has 0 spiro atoms. The molecule has 2 fully saturated rings. The predicted octanol–water partition coefficient (Wildman–Crippen LogP) is -0.776. The van der Waals surface area contributed by atoms with Gasteiger partial charge in [-0.25, -0.2) is 0 Å². The molecule has 86 valence electrons. The highest BCUT2D eigenvalue weighted by Crippen LogP contribution is 2.05. The highest BCUT2D eigenvalue weighted by molar-refractivity contribution is 5.77. The smallest absolute Gasteiger partial charge is 0.323 e. The molecule has 5 heteroatoms. The summed E-state index contributed by atoms with van der Waals surface area (Å²) in [4.78, 5) is 13.5. The molecule has 0 aromatic rings. The minimum absolute atomic E-state index is 0.0777. The van der Waals surface area contributed by atoms with Gasteiger partial charge in [-0.3, -0.25) is 9.69 Å². The Hall–Kier alpha value is -0.650. The molecule has 1 unspecified atom stereocenters. The minimum Gasteiger partial charge on any atom is -0.464 e. The standard InChI is InChI=1S/C10H18N2O3/c13-10-9(1-6-15-10)11-2-3-12-4-7-14-8-5-12/h9,11H,1-8H2. The summed E-state index contributed by atoms with van der Waals surface area (Å²) in [5.41, 5.74) is 0.